The summed E-state index contributed by atoms with van der Waals surface area (Å²) in [6, 6.07) is 20.2. The lowest BCUT2D eigenvalue weighted by Crippen LogP contribution is -2.50. The fraction of sp³-hybridized carbons (Fsp3) is 0.321. The Hall–Kier alpha value is -3.94. The van der Waals surface area contributed by atoms with Crippen LogP contribution in [-0.4, -0.2) is 50.3 Å². The normalized spacial score (nSPS) is 18.3. The predicted molar refractivity (Wildman–Crippen MR) is 138 cm³/mol. The van der Waals surface area contributed by atoms with E-state index in [4.69, 9.17) is 9.72 Å². The third kappa shape index (κ3) is 5.17. The van der Waals surface area contributed by atoms with Gasteiger partial charge in [0.15, 0.2) is 0 Å². The number of aromatic nitrogens is 3. The average Bonchev–Trinajstić information content (AvgIpc) is 3.28. The highest BCUT2D eigenvalue weighted by atomic mass is 19.1. The highest BCUT2D eigenvalue weighted by molar-refractivity contribution is 5.76. The number of fused-ring (bicyclic) bond motifs is 1. The molecule has 36 heavy (non-hydrogen) atoms. The van der Waals surface area contributed by atoms with Crippen LogP contribution in [0.3, 0.4) is 0 Å². The summed E-state index contributed by atoms with van der Waals surface area (Å²) < 4.78 is 21.2. The van der Waals surface area contributed by atoms with Gasteiger partial charge in [0.25, 0.3) is 0 Å². The van der Waals surface area contributed by atoms with Gasteiger partial charge in [0.05, 0.1) is 17.1 Å². The molecule has 186 valence electrons. The van der Waals surface area contributed by atoms with Crippen LogP contribution in [0.25, 0.3) is 16.9 Å². The largest absolute Gasteiger partial charge is 0.444 e. The van der Waals surface area contributed by atoms with E-state index in [9.17, 15) is 9.18 Å². The molecule has 5 rings (SSSR count). The number of amides is 1. The molecule has 0 bridgehead atoms. The lowest BCUT2D eigenvalue weighted by Gasteiger charge is -2.39. The van der Waals surface area contributed by atoms with Crippen molar-refractivity contribution in [2.45, 2.75) is 44.8 Å². The summed E-state index contributed by atoms with van der Waals surface area (Å²) in [5.41, 5.74) is 2.32. The maximum absolute atomic E-state index is 13.6. The molecule has 2 atom stereocenters. The van der Waals surface area contributed by atoms with Crippen LogP contribution < -0.4 is 5.32 Å². The number of para-hydroxylation sites is 2. The topological polar surface area (TPSA) is 72.3 Å². The van der Waals surface area contributed by atoms with Crippen molar-refractivity contribution in [2.24, 2.45) is 0 Å². The average molecular weight is 488 g/mol. The predicted octanol–water partition coefficient (Wildman–Crippen LogP) is 5.76. The number of hydrogen-bond donors (Lipinski definition) is 1. The van der Waals surface area contributed by atoms with E-state index in [-0.39, 0.29) is 23.9 Å². The van der Waals surface area contributed by atoms with E-state index in [1.807, 2.05) is 79.9 Å². The van der Waals surface area contributed by atoms with Gasteiger partial charge in [-0.25, -0.2) is 19.2 Å². The Morgan fingerprint density at radius 1 is 1.06 bits per heavy atom. The second kappa shape index (κ2) is 9.60. The van der Waals surface area contributed by atoms with Gasteiger partial charge in [-0.15, -0.1) is 0 Å². The monoisotopic (exact) mass is 487 g/mol. The summed E-state index contributed by atoms with van der Waals surface area (Å²) >= 11 is 0. The molecular formula is C28H30FN5O2. The molecule has 4 aromatic rings. The second-order valence-electron chi connectivity index (χ2n) is 10.1. The van der Waals surface area contributed by atoms with Crippen LogP contribution in [0.2, 0.25) is 0 Å². The molecule has 1 aliphatic heterocycles. The fourth-order valence-corrected chi connectivity index (χ4v) is 4.67. The van der Waals surface area contributed by atoms with Crippen LogP contribution in [0.5, 0.6) is 0 Å². The number of imidazole rings is 1. The fourth-order valence-electron chi connectivity index (χ4n) is 4.67. The first-order valence-corrected chi connectivity index (χ1v) is 12.2. The van der Waals surface area contributed by atoms with Gasteiger partial charge in [-0.1, -0.05) is 30.3 Å². The van der Waals surface area contributed by atoms with Gasteiger partial charge in [-0.3, -0.25) is 4.57 Å². The van der Waals surface area contributed by atoms with E-state index in [0.717, 1.165) is 22.4 Å². The molecule has 2 aromatic carbocycles. The van der Waals surface area contributed by atoms with E-state index in [1.54, 1.807) is 11.2 Å². The zero-order valence-electron chi connectivity index (χ0n) is 20.7. The number of anilines is 1. The molecule has 1 saturated heterocycles. The van der Waals surface area contributed by atoms with Gasteiger partial charge in [0.1, 0.15) is 29.4 Å². The molecular weight excluding hydrogens is 457 g/mol. The molecule has 1 aliphatic rings. The molecule has 0 aliphatic carbocycles. The van der Waals surface area contributed by atoms with Crippen molar-refractivity contribution in [3.05, 3.63) is 84.4 Å². The standard InChI is InChI=1S/C28H30FN5O2/c1-28(2,3)36-27(35)33-16-15-21(19-11-13-20(29)14-12-19)23(17-33)31-25-9-6-10-26(32-25)34-18-30-22-7-4-5-8-24(22)34/h4-14,18,21,23H,15-17H2,1-3H3,(H,31,32)/t21-,23-/m1/s1. The number of pyridine rings is 1. The number of benzene rings is 2. The Morgan fingerprint density at radius 3 is 2.61 bits per heavy atom. The zero-order valence-corrected chi connectivity index (χ0v) is 20.7. The highest BCUT2D eigenvalue weighted by Crippen LogP contribution is 2.31. The number of piperidine rings is 1. The molecule has 7 nitrogen and oxygen atoms in total. The molecule has 3 heterocycles. The third-order valence-corrected chi connectivity index (χ3v) is 6.33. The van der Waals surface area contributed by atoms with E-state index >= 15 is 0 Å². The van der Waals surface area contributed by atoms with Gasteiger partial charge >= 0.3 is 6.09 Å². The van der Waals surface area contributed by atoms with Crippen LogP contribution in [-0.2, 0) is 4.74 Å². The van der Waals surface area contributed by atoms with Gasteiger partial charge in [0, 0.05) is 19.0 Å². The number of rotatable bonds is 4. The number of halogens is 1. The number of carbonyl (C=O) groups excluding carboxylic acids is 1. The summed E-state index contributed by atoms with van der Waals surface area (Å²) in [7, 11) is 0. The Labute approximate surface area is 209 Å². The second-order valence-corrected chi connectivity index (χ2v) is 10.1. The molecule has 1 N–H and O–H groups in total. The third-order valence-electron chi connectivity index (χ3n) is 6.33. The molecule has 1 amide bonds. The van der Waals surface area contributed by atoms with Gasteiger partial charge in [0.2, 0.25) is 0 Å². The molecule has 0 radical (unpaired) electrons. The Bertz CT molecular complexity index is 1360. The number of carbonyl (C=O) groups is 1. The SMILES string of the molecule is CC(C)(C)OC(=O)N1CC[C@H](c2ccc(F)cc2)[C@H](Nc2cccc(-n3cnc4ccccc43)n2)C1. The number of likely N-dealkylation sites (tertiary alicyclic amines) is 1. The van der Waals surface area contributed by atoms with Crippen LogP contribution >= 0.6 is 0 Å². The Balaban J connectivity index is 1.43. The minimum atomic E-state index is -0.572. The lowest BCUT2D eigenvalue weighted by atomic mass is 9.85. The van der Waals surface area contributed by atoms with Crippen LogP contribution in [0.1, 0.15) is 38.7 Å². The van der Waals surface area contributed by atoms with Gasteiger partial charge in [-0.05, 0) is 69.2 Å². The van der Waals surface area contributed by atoms with Gasteiger partial charge < -0.3 is 15.0 Å². The zero-order chi connectivity index (χ0) is 25.3. The summed E-state index contributed by atoms with van der Waals surface area (Å²) in [5.74, 6) is 1.24. The Kier molecular flexibility index (Phi) is 6.35. The lowest BCUT2D eigenvalue weighted by molar-refractivity contribution is 0.0193. The van der Waals surface area contributed by atoms with Crippen molar-refractivity contribution in [2.75, 3.05) is 18.4 Å². The summed E-state index contributed by atoms with van der Waals surface area (Å²) in [5, 5.41) is 3.55. The highest BCUT2D eigenvalue weighted by Gasteiger charge is 2.34. The maximum atomic E-state index is 13.6. The van der Waals surface area contributed by atoms with E-state index < -0.39 is 5.60 Å². The van der Waals surface area contributed by atoms with Crippen molar-refractivity contribution in [1.82, 2.24) is 19.4 Å². The number of nitrogens with zero attached hydrogens (tertiary/aromatic N) is 4. The molecule has 8 heteroatoms. The smallest absolute Gasteiger partial charge is 0.410 e. The van der Waals surface area contributed by atoms with Gasteiger partial charge in [-0.2, -0.15) is 0 Å². The summed E-state index contributed by atoms with van der Waals surface area (Å²) in [6.45, 7) is 6.59. The number of nitrogens with one attached hydrogen (secondary N) is 1. The summed E-state index contributed by atoms with van der Waals surface area (Å²) in [6.07, 6.45) is 2.15. The van der Waals surface area contributed by atoms with Crippen molar-refractivity contribution in [1.29, 1.82) is 0 Å². The van der Waals surface area contributed by atoms with Crippen molar-refractivity contribution in [3.8, 4) is 5.82 Å². The Morgan fingerprint density at radius 2 is 1.83 bits per heavy atom. The van der Waals surface area contributed by atoms with Crippen molar-refractivity contribution >= 4 is 22.9 Å². The molecule has 2 aromatic heterocycles. The number of hydrogen-bond acceptors (Lipinski definition) is 5. The minimum absolute atomic E-state index is 0.0730. The first kappa shape index (κ1) is 23.8. The summed E-state index contributed by atoms with van der Waals surface area (Å²) in [4.78, 5) is 23.9. The molecule has 0 spiro atoms. The van der Waals surface area contributed by atoms with Crippen molar-refractivity contribution < 1.29 is 13.9 Å². The van der Waals surface area contributed by atoms with E-state index in [1.165, 1.54) is 12.1 Å². The molecule has 0 saturated carbocycles. The first-order valence-electron chi connectivity index (χ1n) is 12.2. The molecule has 0 unspecified atom stereocenters. The maximum Gasteiger partial charge on any atom is 0.410 e. The molecule has 1 fully saturated rings. The van der Waals surface area contributed by atoms with Crippen LogP contribution in [0.15, 0.2) is 73.1 Å². The van der Waals surface area contributed by atoms with E-state index in [2.05, 4.69) is 10.3 Å². The van der Waals surface area contributed by atoms with Crippen molar-refractivity contribution in [3.63, 3.8) is 0 Å². The number of ether oxygens (including phenoxy) is 1. The van der Waals surface area contributed by atoms with Crippen LogP contribution in [0.4, 0.5) is 15.0 Å². The minimum Gasteiger partial charge on any atom is -0.444 e. The van der Waals surface area contributed by atoms with E-state index in [0.29, 0.717) is 25.3 Å². The van der Waals surface area contributed by atoms with Crippen LogP contribution in [0, 0.1) is 5.82 Å². The first-order chi connectivity index (χ1) is 17.3. The quantitative estimate of drug-likeness (QED) is 0.396.